The van der Waals surface area contributed by atoms with Crippen molar-refractivity contribution in [2.45, 2.75) is 19.4 Å². The van der Waals surface area contributed by atoms with E-state index in [9.17, 15) is 9.59 Å². The highest BCUT2D eigenvalue weighted by Crippen LogP contribution is 2.19. The van der Waals surface area contributed by atoms with E-state index in [0.29, 0.717) is 31.6 Å². The average molecular weight is 262 g/mol. The van der Waals surface area contributed by atoms with Gasteiger partial charge in [0.15, 0.2) is 0 Å². The molecule has 1 fully saturated rings. The van der Waals surface area contributed by atoms with Crippen LogP contribution in [0.2, 0.25) is 0 Å². The van der Waals surface area contributed by atoms with Gasteiger partial charge in [0.25, 0.3) is 5.91 Å². The van der Waals surface area contributed by atoms with Gasteiger partial charge in [0, 0.05) is 25.2 Å². The average Bonchev–Trinajstić information content (AvgIpc) is 2.46. The van der Waals surface area contributed by atoms with Gasteiger partial charge >= 0.3 is 5.97 Å². The molecule has 0 bridgehead atoms. The number of amides is 1. The van der Waals surface area contributed by atoms with E-state index in [0.717, 1.165) is 12.0 Å². The standard InChI is InChI=1S/C14H18N2O3/c15-8-10-3-5-11(6-4-10)13(17)16-7-1-2-12(9-16)14(18)19/h3-6,12H,1-2,7-9,15H2,(H,18,19). The summed E-state index contributed by atoms with van der Waals surface area (Å²) < 4.78 is 0. The molecule has 1 atom stereocenters. The van der Waals surface area contributed by atoms with Crippen LogP contribution in [-0.2, 0) is 11.3 Å². The first-order valence-corrected chi connectivity index (χ1v) is 6.43. The van der Waals surface area contributed by atoms with Crippen LogP contribution in [0.25, 0.3) is 0 Å². The molecular formula is C14H18N2O3. The number of hydrogen-bond donors (Lipinski definition) is 2. The molecule has 1 aliphatic rings. The number of carboxylic acid groups (broad SMARTS) is 1. The number of carboxylic acids is 1. The maximum atomic E-state index is 12.3. The second-order valence-corrected chi connectivity index (χ2v) is 4.83. The van der Waals surface area contributed by atoms with E-state index < -0.39 is 11.9 Å². The number of nitrogens with two attached hydrogens (primary N) is 1. The molecule has 102 valence electrons. The lowest BCUT2D eigenvalue weighted by atomic mass is 9.97. The summed E-state index contributed by atoms with van der Waals surface area (Å²) in [5.41, 5.74) is 7.07. The van der Waals surface area contributed by atoms with E-state index in [1.807, 2.05) is 12.1 Å². The highest BCUT2D eigenvalue weighted by Gasteiger charge is 2.28. The van der Waals surface area contributed by atoms with Gasteiger partial charge in [-0.1, -0.05) is 12.1 Å². The van der Waals surface area contributed by atoms with Crippen LogP contribution >= 0.6 is 0 Å². The van der Waals surface area contributed by atoms with E-state index in [1.165, 1.54) is 0 Å². The van der Waals surface area contributed by atoms with Gasteiger partial charge in [0.05, 0.1) is 5.92 Å². The van der Waals surface area contributed by atoms with Gasteiger partial charge in [-0.3, -0.25) is 9.59 Å². The molecule has 5 heteroatoms. The minimum atomic E-state index is -0.823. The topological polar surface area (TPSA) is 83.6 Å². The predicted molar refractivity (Wildman–Crippen MR) is 70.6 cm³/mol. The fraction of sp³-hybridized carbons (Fsp3) is 0.429. The van der Waals surface area contributed by atoms with Crippen molar-refractivity contribution in [1.29, 1.82) is 0 Å². The summed E-state index contributed by atoms with van der Waals surface area (Å²) in [5, 5.41) is 9.02. The quantitative estimate of drug-likeness (QED) is 0.853. The lowest BCUT2D eigenvalue weighted by Gasteiger charge is -2.30. The number of rotatable bonds is 3. The number of carbonyl (C=O) groups is 2. The van der Waals surface area contributed by atoms with Crippen molar-refractivity contribution >= 4 is 11.9 Å². The van der Waals surface area contributed by atoms with Crippen molar-refractivity contribution in [3.8, 4) is 0 Å². The SMILES string of the molecule is NCc1ccc(C(=O)N2CCCC(C(=O)O)C2)cc1. The van der Waals surface area contributed by atoms with Crippen molar-refractivity contribution < 1.29 is 14.7 Å². The summed E-state index contributed by atoms with van der Waals surface area (Å²) in [4.78, 5) is 24.9. The number of nitrogens with zero attached hydrogens (tertiary/aromatic N) is 1. The second-order valence-electron chi connectivity index (χ2n) is 4.83. The molecule has 1 aromatic carbocycles. The van der Waals surface area contributed by atoms with Crippen LogP contribution in [0, 0.1) is 5.92 Å². The summed E-state index contributed by atoms with van der Waals surface area (Å²) in [6.45, 7) is 1.37. The lowest BCUT2D eigenvalue weighted by molar-refractivity contribution is -0.143. The molecule has 19 heavy (non-hydrogen) atoms. The Kier molecular flexibility index (Phi) is 4.16. The minimum absolute atomic E-state index is 0.102. The van der Waals surface area contributed by atoms with Crippen LogP contribution in [0.4, 0.5) is 0 Å². The number of likely N-dealkylation sites (tertiary alicyclic amines) is 1. The van der Waals surface area contributed by atoms with Crippen molar-refractivity contribution in [2.75, 3.05) is 13.1 Å². The van der Waals surface area contributed by atoms with Gasteiger partial charge in [0.2, 0.25) is 0 Å². The van der Waals surface area contributed by atoms with E-state index in [4.69, 9.17) is 10.8 Å². The molecule has 1 saturated heterocycles. The zero-order valence-electron chi connectivity index (χ0n) is 10.7. The maximum absolute atomic E-state index is 12.3. The van der Waals surface area contributed by atoms with Crippen LogP contribution in [0.15, 0.2) is 24.3 Å². The molecule has 0 radical (unpaired) electrons. The fourth-order valence-corrected chi connectivity index (χ4v) is 2.33. The Labute approximate surface area is 112 Å². The van der Waals surface area contributed by atoms with Gasteiger partial charge in [-0.25, -0.2) is 0 Å². The molecule has 2 rings (SSSR count). The van der Waals surface area contributed by atoms with E-state index in [2.05, 4.69) is 0 Å². The van der Waals surface area contributed by atoms with E-state index >= 15 is 0 Å². The Hall–Kier alpha value is -1.88. The molecule has 1 unspecified atom stereocenters. The molecule has 0 aromatic heterocycles. The van der Waals surface area contributed by atoms with Gasteiger partial charge < -0.3 is 15.7 Å². The highest BCUT2D eigenvalue weighted by molar-refractivity contribution is 5.94. The minimum Gasteiger partial charge on any atom is -0.481 e. The van der Waals surface area contributed by atoms with Gasteiger partial charge in [-0.05, 0) is 30.5 Å². The second kappa shape index (κ2) is 5.84. The first-order valence-electron chi connectivity index (χ1n) is 6.43. The molecule has 0 aliphatic carbocycles. The third kappa shape index (κ3) is 3.12. The molecule has 0 saturated carbocycles. The summed E-state index contributed by atoms with van der Waals surface area (Å²) in [5.74, 6) is -1.37. The number of carbonyl (C=O) groups excluding carboxylic acids is 1. The molecule has 1 aromatic rings. The van der Waals surface area contributed by atoms with Crippen molar-refractivity contribution in [3.05, 3.63) is 35.4 Å². The molecule has 1 heterocycles. The predicted octanol–water partition coefficient (Wildman–Crippen LogP) is 1.08. The summed E-state index contributed by atoms with van der Waals surface area (Å²) in [6.07, 6.45) is 1.38. The summed E-state index contributed by atoms with van der Waals surface area (Å²) in [6, 6.07) is 7.14. The van der Waals surface area contributed by atoms with Gasteiger partial charge in [-0.15, -0.1) is 0 Å². The highest BCUT2D eigenvalue weighted by atomic mass is 16.4. The third-order valence-electron chi connectivity index (χ3n) is 3.49. The molecule has 5 nitrogen and oxygen atoms in total. The Balaban J connectivity index is 2.07. The molecule has 1 amide bonds. The largest absolute Gasteiger partial charge is 0.481 e. The van der Waals surface area contributed by atoms with Crippen molar-refractivity contribution in [2.24, 2.45) is 11.7 Å². The first-order chi connectivity index (χ1) is 9.11. The lowest BCUT2D eigenvalue weighted by Crippen LogP contribution is -2.42. The van der Waals surface area contributed by atoms with E-state index in [1.54, 1.807) is 17.0 Å². The number of hydrogen-bond acceptors (Lipinski definition) is 3. The summed E-state index contributed by atoms with van der Waals surface area (Å²) in [7, 11) is 0. The van der Waals surface area contributed by atoms with E-state index in [-0.39, 0.29) is 5.91 Å². The number of aliphatic carboxylic acids is 1. The van der Waals surface area contributed by atoms with Crippen LogP contribution in [-0.4, -0.2) is 35.0 Å². The monoisotopic (exact) mass is 262 g/mol. The van der Waals surface area contributed by atoms with Crippen LogP contribution in [0.3, 0.4) is 0 Å². The van der Waals surface area contributed by atoms with Crippen molar-refractivity contribution in [1.82, 2.24) is 4.90 Å². The zero-order chi connectivity index (χ0) is 13.8. The Morgan fingerprint density at radius 1 is 1.32 bits per heavy atom. The van der Waals surface area contributed by atoms with Crippen LogP contribution < -0.4 is 5.73 Å². The number of benzene rings is 1. The zero-order valence-corrected chi connectivity index (χ0v) is 10.7. The van der Waals surface area contributed by atoms with Gasteiger partial charge in [-0.2, -0.15) is 0 Å². The fourth-order valence-electron chi connectivity index (χ4n) is 2.33. The Morgan fingerprint density at radius 2 is 2.00 bits per heavy atom. The van der Waals surface area contributed by atoms with Crippen molar-refractivity contribution in [3.63, 3.8) is 0 Å². The molecule has 3 N–H and O–H groups in total. The molecular weight excluding hydrogens is 244 g/mol. The Morgan fingerprint density at radius 3 is 2.58 bits per heavy atom. The van der Waals surface area contributed by atoms with Crippen LogP contribution in [0.1, 0.15) is 28.8 Å². The first kappa shape index (κ1) is 13.5. The molecule has 1 aliphatic heterocycles. The Bertz CT molecular complexity index is 470. The van der Waals surface area contributed by atoms with Gasteiger partial charge in [0.1, 0.15) is 0 Å². The normalized spacial score (nSPS) is 19.2. The summed E-state index contributed by atoms with van der Waals surface area (Å²) >= 11 is 0. The number of piperidine rings is 1. The third-order valence-corrected chi connectivity index (χ3v) is 3.49. The maximum Gasteiger partial charge on any atom is 0.308 e. The van der Waals surface area contributed by atoms with Crippen LogP contribution in [0.5, 0.6) is 0 Å². The molecule has 0 spiro atoms. The smallest absolute Gasteiger partial charge is 0.308 e.